The highest BCUT2D eigenvalue weighted by Crippen LogP contribution is 2.50. The summed E-state index contributed by atoms with van der Waals surface area (Å²) < 4.78 is 0. The lowest BCUT2D eigenvalue weighted by Gasteiger charge is -2.37. The first-order valence-corrected chi connectivity index (χ1v) is 16.3. The van der Waals surface area contributed by atoms with Crippen LogP contribution in [0.2, 0.25) is 20.1 Å². The first kappa shape index (κ1) is 31.1. The fourth-order valence-corrected chi connectivity index (χ4v) is 7.54. The zero-order chi connectivity index (χ0) is 33.4. The van der Waals surface area contributed by atoms with Gasteiger partial charge in [-0.25, -0.2) is 19.9 Å². The third kappa shape index (κ3) is 4.70. The standard InChI is InChI=1S/C34H22Cl4N4O6/c35-21-13-11-19(15-23(21)37)39-31(43)25-27(41(47-29(25)33(39)45)17-7-3-1-4-8-17)28-26-30(48-42(28)18-9-5-2-6-10-18)34(46)40(32(26)44)20-12-14-22(36)24(38)16-20/h1-16,25-30H/t25-,26-,27-,28-,29-,30+/m0/s1. The molecule has 4 aromatic carbocycles. The molecule has 0 radical (unpaired) electrons. The van der Waals surface area contributed by atoms with Gasteiger partial charge in [-0.15, -0.1) is 0 Å². The summed E-state index contributed by atoms with van der Waals surface area (Å²) in [5, 5.41) is 3.82. The fraction of sp³-hybridized carbons (Fsp3) is 0.176. The zero-order valence-corrected chi connectivity index (χ0v) is 27.5. The molecule has 0 N–H and O–H groups in total. The first-order valence-electron chi connectivity index (χ1n) is 14.8. The number of hydrogen-bond donors (Lipinski definition) is 0. The number of amides is 4. The van der Waals surface area contributed by atoms with Gasteiger partial charge in [0.15, 0.2) is 12.2 Å². The molecule has 4 aliphatic rings. The maximum absolute atomic E-state index is 14.4. The second-order valence-corrected chi connectivity index (χ2v) is 13.3. The van der Waals surface area contributed by atoms with Crippen molar-refractivity contribution in [3.05, 3.63) is 117 Å². The lowest BCUT2D eigenvalue weighted by atomic mass is 9.82. The second kappa shape index (κ2) is 11.8. The Morgan fingerprint density at radius 1 is 0.438 bits per heavy atom. The molecule has 0 aromatic heterocycles. The molecule has 242 valence electrons. The monoisotopic (exact) mass is 722 g/mol. The van der Waals surface area contributed by atoms with Gasteiger partial charge in [0.2, 0.25) is 11.8 Å². The van der Waals surface area contributed by atoms with Crippen LogP contribution in [0.4, 0.5) is 22.7 Å². The Hall–Kier alpha value is -4.16. The maximum atomic E-state index is 14.4. The molecule has 10 nitrogen and oxygen atoms in total. The predicted octanol–water partition coefficient (Wildman–Crippen LogP) is 6.36. The van der Waals surface area contributed by atoms with Crippen LogP contribution >= 0.6 is 46.4 Å². The lowest BCUT2D eigenvalue weighted by Crippen LogP contribution is -2.55. The van der Waals surface area contributed by atoms with Crippen LogP contribution in [0.15, 0.2) is 97.1 Å². The molecule has 4 aliphatic heterocycles. The van der Waals surface area contributed by atoms with Crippen LogP contribution in [0.1, 0.15) is 0 Å². The van der Waals surface area contributed by atoms with Gasteiger partial charge in [0, 0.05) is 0 Å². The summed E-state index contributed by atoms with van der Waals surface area (Å²) in [7, 11) is 0. The van der Waals surface area contributed by atoms with Crippen molar-refractivity contribution in [3.63, 3.8) is 0 Å². The number of carbonyl (C=O) groups excluding carboxylic acids is 4. The maximum Gasteiger partial charge on any atom is 0.266 e. The summed E-state index contributed by atoms with van der Waals surface area (Å²) in [4.78, 5) is 71.7. The van der Waals surface area contributed by atoms with E-state index in [-0.39, 0.29) is 31.5 Å². The van der Waals surface area contributed by atoms with E-state index < -0.39 is 59.8 Å². The molecule has 0 bridgehead atoms. The molecule has 14 heteroatoms. The minimum atomic E-state index is -1.26. The van der Waals surface area contributed by atoms with Crippen molar-refractivity contribution >= 4 is 92.8 Å². The second-order valence-electron chi connectivity index (χ2n) is 11.6. The number of nitrogens with zero attached hydrogens (tertiary/aromatic N) is 4. The van der Waals surface area contributed by atoms with Crippen molar-refractivity contribution in [3.8, 4) is 0 Å². The van der Waals surface area contributed by atoms with E-state index in [1.807, 2.05) is 12.1 Å². The Balaban J connectivity index is 1.27. The Morgan fingerprint density at radius 2 is 0.812 bits per heavy atom. The van der Waals surface area contributed by atoms with Gasteiger partial charge in [-0.3, -0.25) is 28.9 Å². The molecule has 0 unspecified atom stereocenters. The van der Waals surface area contributed by atoms with Gasteiger partial charge < -0.3 is 0 Å². The lowest BCUT2D eigenvalue weighted by molar-refractivity contribution is -0.128. The summed E-state index contributed by atoms with van der Waals surface area (Å²) >= 11 is 24.8. The van der Waals surface area contributed by atoms with Crippen molar-refractivity contribution in [2.24, 2.45) is 11.8 Å². The molecular weight excluding hydrogens is 702 g/mol. The Bertz CT molecular complexity index is 1860. The van der Waals surface area contributed by atoms with Gasteiger partial charge in [-0.05, 0) is 60.7 Å². The highest BCUT2D eigenvalue weighted by atomic mass is 35.5. The average Bonchev–Trinajstić information content (AvgIpc) is 3.80. The molecule has 0 spiro atoms. The van der Waals surface area contributed by atoms with Crippen LogP contribution < -0.4 is 19.9 Å². The molecule has 6 atom stereocenters. The molecule has 4 saturated heterocycles. The molecule has 48 heavy (non-hydrogen) atoms. The summed E-state index contributed by atoms with van der Waals surface area (Å²) in [6.45, 7) is 0. The highest BCUT2D eigenvalue weighted by molar-refractivity contribution is 6.43. The Labute approximate surface area is 293 Å². The number of benzene rings is 4. The third-order valence-corrected chi connectivity index (χ3v) is 10.5. The SMILES string of the molecule is O=C1[C@H]2[C@@H]([C@@H]3[C@@H]4C(=O)N(c5ccc(Cl)c(Cl)c5)C(=O)[C@@H]4ON3c3ccccc3)N(c3ccccc3)O[C@@H]2C(=O)N1c1ccc(Cl)c(Cl)c1. The van der Waals surface area contributed by atoms with Gasteiger partial charge in [0.05, 0.1) is 54.9 Å². The number of hydrogen-bond acceptors (Lipinski definition) is 8. The number of rotatable bonds is 5. The van der Waals surface area contributed by atoms with Crippen LogP contribution in [0.3, 0.4) is 0 Å². The predicted molar refractivity (Wildman–Crippen MR) is 180 cm³/mol. The summed E-state index contributed by atoms with van der Waals surface area (Å²) in [5.41, 5.74) is 1.52. The van der Waals surface area contributed by atoms with Gasteiger partial charge in [-0.1, -0.05) is 82.8 Å². The van der Waals surface area contributed by atoms with Crippen molar-refractivity contribution < 1.29 is 28.9 Å². The Kier molecular flexibility index (Phi) is 7.63. The number of halogens is 4. The number of fused-ring (bicyclic) bond motifs is 2. The van der Waals surface area contributed by atoms with E-state index >= 15 is 0 Å². The molecule has 4 amide bonds. The molecule has 4 aromatic rings. The molecule has 8 rings (SSSR count). The quantitative estimate of drug-likeness (QED) is 0.220. The number of anilines is 4. The van der Waals surface area contributed by atoms with Crippen LogP contribution in [-0.2, 0) is 28.9 Å². The fourth-order valence-electron chi connectivity index (χ4n) is 6.96. The smallest absolute Gasteiger partial charge is 0.266 e. The number of imide groups is 2. The van der Waals surface area contributed by atoms with Gasteiger partial charge >= 0.3 is 0 Å². The number of hydroxylamine groups is 2. The molecule has 4 heterocycles. The van der Waals surface area contributed by atoms with Crippen molar-refractivity contribution in [1.29, 1.82) is 0 Å². The van der Waals surface area contributed by atoms with Crippen molar-refractivity contribution in [2.75, 3.05) is 19.9 Å². The summed E-state index contributed by atoms with van der Waals surface area (Å²) in [6, 6.07) is 24.8. The summed E-state index contributed by atoms with van der Waals surface area (Å²) in [5.74, 6) is -4.59. The number of carbonyl (C=O) groups is 4. The van der Waals surface area contributed by atoms with E-state index in [1.165, 1.54) is 46.5 Å². The van der Waals surface area contributed by atoms with Crippen LogP contribution in [0.25, 0.3) is 0 Å². The zero-order valence-electron chi connectivity index (χ0n) is 24.5. The topological polar surface area (TPSA) is 99.7 Å². The largest absolute Gasteiger partial charge is 0.273 e. The molecule has 0 saturated carbocycles. The van der Waals surface area contributed by atoms with Gasteiger partial charge in [0.25, 0.3) is 11.8 Å². The summed E-state index contributed by atoms with van der Waals surface area (Å²) in [6.07, 6.45) is -2.51. The van der Waals surface area contributed by atoms with E-state index in [0.29, 0.717) is 11.4 Å². The van der Waals surface area contributed by atoms with E-state index in [2.05, 4.69) is 0 Å². The first-order chi connectivity index (χ1) is 23.2. The van der Waals surface area contributed by atoms with Gasteiger partial charge in [-0.2, -0.15) is 0 Å². The molecule has 0 aliphatic carbocycles. The van der Waals surface area contributed by atoms with E-state index in [1.54, 1.807) is 48.5 Å². The molecular formula is C34H22Cl4N4O6. The van der Waals surface area contributed by atoms with Crippen LogP contribution in [-0.4, -0.2) is 47.9 Å². The van der Waals surface area contributed by atoms with Crippen LogP contribution in [0.5, 0.6) is 0 Å². The Morgan fingerprint density at radius 3 is 1.17 bits per heavy atom. The average molecular weight is 724 g/mol. The number of para-hydroxylation sites is 2. The minimum absolute atomic E-state index is 0.162. The van der Waals surface area contributed by atoms with Crippen LogP contribution in [0, 0.1) is 11.8 Å². The molecule has 4 fully saturated rings. The van der Waals surface area contributed by atoms with E-state index in [4.69, 9.17) is 56.1 Å². The van der Waals surface area contributed by atoms with Crippen molar-refractivity contribution in [1.82, 2.24) is 0 Å². The van der Waals surface area contributed by atoms with Crippen molar-refractivity contribution in [2.45, 2.75) is 24.3 Å². The normalized spacial score (nSPS) is 26.6. The third-order valence-electron chi connectivity index (χ3n) is 9.02. The highest BCUT2D eigenvalue weighted by Gasteiger charge is 2.69. The minimum Gasteiger partial charge on any atom is -0.273 e. The van der Waals surface area contributed by atoms with E-state index in [0.717, 1.165) is 9.80 Å². The van der Waals surface area contributed by atoms with Gasteiger partial charge in [0.1, 0.15) is 11.8 Å². The van der Waals surface area contributed by atoms with E-state index in [9.17, 15) is 19.2 Å².